The van der Waals surface area contributed by atoms with Gasteiger partial charge < -0.3 is 15.8 Å². The summed E-state index contributed by atoms with van der Waals surface area (Å²) in [7, 11) is 0. The summed E-state index contributed by atoms with van der Waals surface area (Å²) in [6.07, 6.45) is 2.17. The standard InChI is InChI=1S/C13H20N2O2/c1-2-3-9-17-10-8-15-13(16)11-6-4-5-7-12(11)14/h4-7H,2-3,8-10,14H2,1H3,(H,15,16). The first-order valence-corrected chi connectivity index (χ1v) is 5.96. The lowest BCUT2D eigenvalue weighted by Gasteiger charge is -2.07. The average molecular weight is 236 g/mol. The summed E-state index contributed by atoms with van der Waals surface area (Å²) < 4.78 is 5.34. The normalized spacial score (nSPS) is 10.2. The maximum absolute atomic E-state index is 11.7. The van der Waals surface area contributed by atoms with Crippen LogP contribution in [0.1, 0.15) is 30.1 Å². The zero-order valence-corrected chi connectivity index (χ0v) is 10.2. The van der Waals surface area contributed by atoms with Crippen LogP contribution >= 0.6 is 0 Å². The quantitative estimate of drug-likeness (QED) is 0.560. The minimum absolute atomic E-state index is 0.151. The molecule has 0 atom stereocenters. The Morgan fingerprint density at radius 1 is 1.35 bits per heavy atom. The molecule has 94 valence electrons. The monoisotopic (exact) mass is 236 g/mol. The molecular formula is C13H20N2O2. The van der Waals surface area contributed by atoms with E-state index in [4.69, 9.17) is 10.5 Å². The molecule has 4 nitrogen and oxygen atoms in total. The third-order valence-electron chi connectivity index (χ3n) is 2.38. The van der Waals surface area contributed by atoms with Crippen LogP contribution in [0.25, 0.3) is 0 Å². The van der Waals surface area contributed by atoms with Crippen LogP contribution in [-0.4, -0.2) is 25.7 Å². The summed E-state index contributed by atoms with van der Waals surface area (Å²) in [6, 6.07) is 7.03. The van der Waals surface area contributed by atoms with Crippen molar-refractivity contribution >= 4 is 11.6 Å². The molecule has 1 aromatic carbocycles. The Morgan fingerprint density at radius 2 is 2.12 bits per heavy atom. The number of hydrogen-bond donors (Lipinski definition) is 2. The molecule has 4 heteroatoms. The zero-order chi connectivity index (χ0) is 12.5. The van der Waals surface area contributed by atoms with Crippen molar-refractivity contribution < 1.29 is 9.53 Å². The molecule has 0 saturated carbocycles. The van der Waals surface area contributed by atoms with E-state index in [9.17, 15) is 4.79 Å². The molecule has 0 bridgehead atoms. The highest BCUT2D eigenvalue weighted by molar-refractivity contribution is 5.98. The van der Waals surface area contributed by atoms with Gasteiger partial charge in [0.2, 0.25) is 0 Å². The molecule has 0 aliphatic carbocycles. The van der Waals surface area contributed by atoms with E-state index in [0.717, 1.165) is 19.4 Å². The van der Waals surface area contributed by atoms with E-state index in [0.29, 0.717) is 24.4 Å². The largest absolute Gasteiger partial charge is 0.398 e. The fourth-order valence-electron chi connectivity index (χ4n) is 1.38. The van der Waals surface area contributed by atoms with E-state index in [1.807, 2.05) is 0 Å². The number of unbranched alkanes of at least 4 members (excludes halogenated alkanes) is 1. The van der Waals surface area contributed by atoms with Crippen LogP contribution in [0.2, 0.25) is 0 Å². The predicted octanol–water partition coefficient (Wildman–Crippen LogP) is 1.82. The van der Waals surface area contributed by atoms with Crippen molar-refractivity contribution in [1.82, 2.24) is 5.32 Å². The lowest BCUT2D eigenvalue weighted by atomic mass is 10.2. The summed E-state index contributed by atoms with van der Waals surface area (Å²) in [6.45, 7) is 3.92. The number of anilines is 1. The second kappa shape index (κ2) is 7.68. The maximum Gasteiger partial charge on any atom is 0.253 e. The number of amides is 1. The predicted molar refractivity (Wildman–Crippen MR) is 68.9 cm³/mol. The Kier molecular flexibility index (Phi) is 6.10. The smallest absolute Gasteiger partial charge is 0.253 e. The van der Waals surface area contributed by atoms with Gasteiger partial charge in [-0.2, -0.15) is 0 Å². The molecule has 0 aromatic heterocycles. The van der Waals surface area contributed by atoms with Gasteiger partial charge in [0.1, 0.15) is 0 Å². The molecule has 17 heavy (non-hydrogen) atoms. The average Bonchev–Trinajstić information content (AvgIpc) is 2.34. The Hall–Kier alpha value is -1.55. The van der Waals surface area contributed by atoms with Gasteiger partial charge in [0.25, 0.3) is 5.91 Å². The first-order chi connectivity index (χ1) is 8.25. The van der Waals surface area contributed by atoms with Crippen LogP contribution in [0.3, 0.4) is 0 Å². The van der Waals surface area contributed by atoms with Gasteiger partial charge in [-0.15, -0.1) is 0 Å². The van der Waals surface area contributed by atoms with Crippen molar-refractivity contribution in [2.75, 3.05) is 25.5 Å². The number of hydrogen-bond acceptors (Lipinski definition) is 3. The van der Waals surface area contributed by atoms with Crippen molar-refractivity contribution in [3.05, 3.63) is 29.8 Å². The molecule has 0 saturated heterocycles. The van der Waals surface area contributed by atoms with Crippen LogP contribution in [0.5, 0.6) is 0 Å². The SMILES string of the molecule is CCCCOCCNC(=O)c1ccccc1N. The third-order valence-corrected chi connectivity index (χ3v) is 2.38. The second-order valence-electron chi connectivity index (χ2n) is 3.81. The van der Waals surface area contributed by atoms with E-state index in [-0.39, 0.29) is 5.91 Å². The highest BCUT2D eigenvalue weighted by Crippen LogP contribution is 2.09. The lowest BCUT2D eigenvalue weighted by molar-refractivity contribution is 0.0913. The number of carbonyl (C=O) groups is 1. The summed E-state index contributed by atoms with van der Waals surface area (Å²) in [5.41, 5.74) is 6.71. The Bertz CT molecular complexity index is 353. The van der Waals surface area contributed by atoms with Gasteiger partial charge in [0.15, 0.2) is 0 Å². The number of benzene rings is 1. The van der Waals surface area contributed by atoms with E-state index in [1.54, 1.807) is 24.3 Å². The summed E-state index contributed by atoms with van der Waals surface area (Å²) in [5, 5.41) is 2.77. The van der Waals surface area contributed by atoms with Crippen LogP contribution in [0.4, 0.5) is 5.69 Å². The molecule has 0 spiro atoms. The molecule has 0 aliphatic heterocycles. The minimum Gasteiger partial charge on any atom is -0.398 e. The summed E-state index contributed by atoms with van der Waals surface area (Å²) >= 11 is 0. The molecule has 1 rings (SSSR count). The van der Waals surface area contributed by atoms with E-state index >= 15 is 0 Å². The minimum atomic E-state index is -0.151. The Balaban J connectivity index is 2.24. The number of carbonyl (C=O) groups excluding carboxylic acids is 1. The molecule has 0 heterocycles. The third kappa shape index (κ3) is 4.87. The lowest BCUT2D eigenvalue weighted by Crippen LogP contribution is -2.28. The van der Waals surface area contributed by atoms with Crippen molar-refractivity contribution in [3.8, 4) is 0 Å². The van der Waals surface area contributed by atoms with E-state index in [1.165, 1.54) is 0 Å². The first kappa shape index (κ1) is 13.5. The van der Waals surface area contributed by atoms with Crippen molar-refractivity contribution in [2.45, 2.75) is 19.8 Å². The molecule has 1 amide bonds. The molecule has 3 N–H and O–H groups in total. The van der Waals surface area contributed by atoms with Gasteiger partial charge >= 0.3 is 0 Å². The van der Waals surface area contributed by atoms with Gasteiger partial charge in [-0.3, -0.25) is 4.79 Å². The number of para-hydroxylation sites is 1. The topological polar surface area (TPSA) is 64.3 Å². The van der Waals surface area contributed by atoms with Crippen LogP contribution < -0.4 is 11.1 Å². The molecule has 0 unspecified atom stereocenters. The molecule has 0 fully saturated rings. The molecule has 1 aromatic rings. The van der Waals surface area contributed by atoms with Crippen LogP contribution in [0, 0.1) is 0 Å². The Morgan fingerprint density at radius 3 is 2.82 bits per heavy atom. The van der Waals surface area contributed by atoms with E-state index in [2.05, 4.69) is 12.2 Å². The fraction of sp³-hybridized carbons (Fsp3) is 0.462. The number of nitrogens with one attached hydrogen (secondary N) is 1. The fourth-order valence-corrected chi connectivity index (χ4v) is 1.38. The van der Waals surface area contributed by atoms with Crippen LogP contribution in [-0.2, 0) is 4.74 Å². The second-order valence-corrected chi connectivity index (χ2v) is 3.81. The number of rotatable bonds is 7. The maximum atomic E-state index is 11.7. The summed E-state index contributed by atoms with van der Waals surface area (Å²) in [4.78, 5) is 11.7. The highest BCUT2D eigenvalue weighted by Gasteiger charge is 2.07. The van der Waals surface area contributed by atoms with Gasteiger partial charge in [0, 0.05) is 18.8 Å². The van der Waals surface area contributed by atoms with Gasteiger partial charge in [0.05, 0.1) is 12.2 Å². The number of nitrogen functional groups attached to an aromatic ring is 1. The first-order valence-electron chi connectivity index (χ1n) is 5.96. The summed E-state index contributed by atoms with van der Waals surface area (Å²) in [5.74, 6) is -0.151. The molecule has 0 aliphatic rings. The molecule has 0 radical (unpaired) electrons. The molecular weight excluding hydrogens is 216 g/mol. The van der Waals surface area contributed by atoms with Gasteiger partial charge in [-0.25, -0.2) is 0 Å². The Labute approximate surface area is 102 Å². The van der Waals surface area contributed by atoms with Gasteiger partial charge in [-0.05, 0) is 18.6 Å². The zero-order valence-electron chi connectivity index (χ0n) is 10.2. The van der Waals surface area contributed by atoms with E-state index < -0.39 is 0 Å². The van der Waals surface area contributed by atoms with Crippen LogP contribution in [0.15, 0.2) is 24.3 Å². The van der Waals surface area contributed by atoms with Crippen molar-refractivity contribution in [1.29, 1.82) is 0 Å². The number of nitrogens with two attached hydrogens (primary N) is 1. The van der Waals surface area contributed by atoms with Gasteiger partial charge in [-0.1, -0.05) is 25.5 Å². The van der Waals surface area contributed by atoms with Crippen molar-refractivity contribution in [2.24, 2.45) is 0 Å². The number of ether oxygens (including phenoxy) is 1. The highest BCUT2D eigenvalue weighted by atomic mass is 16.5. The van der Waals surface area contributed by atoms with Crippen molar-refractivity contribution in [3.63, 3.8) is 0 Å².